The van der Waals surface area contributed by atoms with Crippen LogP contribution in [0.25, 0.3) is 10.6 Å². The van der Waals surface area contributed by atoms with E-state index in [2.05, 4.69) is 10.1 Å². The van der Waals surface area contributed by atoms with Crippen molar-refractivity contribution in [3.8, 4) is 16.3 Å². The number of aromatic nitrogens is 3. The Labute approximate surface area is 195 Å². The molecule has 34 heavy (non-hydrogen) atoms. The van der Waals surface area contributed by atoms with E-state index >= 15 is 0 Å². The van der Waals surface area contributed by atoms with Crippen LogP contribution in [0.3, 0.4) is 0 Å². The second-order valence-electron chi connectivity index (χ2n) is 7.41. The molecule has 0 amide bonds. The third-order valence-electron chi connectivity index (χ3n) is 4.88. The molecule has 1 N–H and O–H groups in total. The summed E-state index contributed by atoms with van der Waals surface area (Å²) in [6, 6.07) is 8.85. The Kier molecular flexibility index (Phi) is 6.38. The predicted octanol–water partition coefficient (Wildman–Crippen LogP) is 5.80. The number of rotatable bonds is 7. The fourth-order valence-corrected chi connectivity index (χ4v) is 4.04. The second kappa shape index (κ2) is 9.26. The van der Waals surface area contributed by atoms with E-state index in [1.54, 1.807) is 6.92 Å². The van der Waals surface area contributed by atoms with Crippen molar-refractivity contribution in [3.05, 3.63) is 87.9 Å². The van der Waals surface area contributed by atoms with Gasteiger partial charge in [0.05, 0.1) is 29.6 Å². The highest BCUT2D eigenvalue weighted by Gasteiger charge is 2.32. The van der Waals surface area contributed by atoms with Crippen molar-refractivity contribution in [1.82, 2.24) is 14.8 Å². The zero-order valence-corrected chi connectivity index (χ0v) is 18.5. The van der Waals surface area contributed by atoms with Gasteiger partial charge in [0, 0.05) is 16.6 Å². The van der Waals surface area contributed by atoms with Crippen molar-refractivity contribution in [1.29, 1.82) is 0 Å². The number of nitrogens with zero attached hydrogens (tertiary/aromatic N) is 3. The minimum Gasteiger partial charge on any atom is -0.489 e. The van der Waals surface area contributed by atoms with Crippen molar-refractivity contribution >= 4 is 17.3 Å². The summed E-state index contributed by atoms with van der Waals surface area (Å²) in [6.07, 6.45) is -2.03. The van der Waals surface area contributed by atoms with Gasteiger partial charge in [-0.25, -0.2) is 14.2 Å². The molecule has 2 aromatic heterocycles. The lowest BCUT2D eigenvalue weighted by molar-refractivity contribution is -0.137. The number of carboxylic acid groups (broad SMARTS) is 1. The van der Waals surface area contributed by atoms with Gasteiger partial charge in [-0.1, -0.05) is 12.1 Å². The minimum atomic E-state index is -4.60. The van der Waals surface area contributed by atoms with Gasteiger partial charge < -0.3 is 9.84 Å². The van der Waals surface area contributed by atoms with E-state index in [9.17, 15) is 22.4 Å². The number of hydrogen-bond donors (Lipinski definition) is 1. The van der Waals surface area contributed by atoms with Crippen LogP contribution in [-0.2, 0) is 19.3 Å². The van der Waals surface area contributed by atoms with Crippen LogP contribution in [-0.4, -0.2) is 25.8 Å². The normalized spacial score (nSPS) is 11.6. The lowest BCUT2D eigenvalue weighted by Crippen LogP contribution is -2.06. The first-order valence-corrected chi connectivity index (χ1v) is 10.7. The molecule has 0 aliphatic carbocycles. The van der Waals surface area contributed by atoms with Crippen LogP contribution in [0.4, 0.5) is 17.6 Å². The number of ether oxygens (including phenoxy) is 1. The second-order valence-corrected chi connectivity index (χ2v) is 8.62. The first-order valence-electron chi connectivity index (χ1n) is 9.90. The van der Waals surface area contributed by atoms with Crippen molar-refractivity contribution in [2.45, 2.75) is 26.3 Å². The third-order valence-corrected chi connectivity index (χ3v) is 5.95. The van der Waals surface area contributed by atoms with Crippen LogP contribution in [0, 0.1) is 12.7 Å². The van der Waals surface area contributed by atoms with E-state index < -0.39 is 23.5 Å². The number of carboxylic acids is 1. The molecule has 0 aliphatic rings. The number of aromatic carboxylic acids is 1. The fourth-order valence-electron chi connectivity index (χ4n) is 3.13. The molecule has 0 bridgehead atoms. The summed E-state index contributed by atoms with van der Waals surface area (Å²) < 4.78 is 60.7. The Hall–Kier alpha value is -3.73. The van der Waals surface area contributed by atoms with E-state index in [4.69, 9.17) is 9.84 Å². The van der Waals surface area contributed by atoms with Crippen LogP contribution < -0.4 is 4.74 Å². The highest BCUT2D eigenvalue weighted by Crippen LogP contribution is 2.37. The van der Waals surface area contributed by atoms with Crippen LogP contribution in [0.5, 0.6) is 5.75 Å². The van der Waals surface area contributed by atoms with Crippen LogP contribution in [0.15, 0.2) is 54.9 Å². The molecule has 0 saturated heterocycles. The molecule has 0 unspecified atom stereocenters. The van der Waals surface area contributed by atoms with Crippen molar-refractivity contribution in [2.24, 2.45) is 0 Å². The maximum absolute atomic E-state index is 13.5. The van der Waals surface area contributed by atoms with Crippen molar-refractivity contribution in [3.63, 3.8) is 0 Å². The summed E-state index contributed by atoms with van der Waals surface area (Å²) in [4.78, 5) is 16.3. The maximum Gasteiger partial charge on any atom is 0.416 e. The molecule has 2 heterocycles. The van der Waals surface area contributed by atoms with Gasteiger partial charge in [0.15, 0.2) is 0 Å². The quantitative estimate of drug-likeness (QED) is 0.331. The summed E-state index contributed by atoms with van der Waals surface area (Å²) in [6.45, 7) is 1.91. The number of hydrogen-bond acceptors (Lipinski definition) is 5. The zero-order chi connectivity index (χ0) is 24.5. The van der Waals surface area contributed by atoms with Crippen LogP contribution in [0.2, 0.25) is 0 Å². The Morgan fingerprint density at radius 1 is 1.18 bits per heavy atom. The Bertz CT molecular complexity index is 1330. The smallest absolute Gasteiger partial charge is 0.416 e. The maximum atomic E-state index is 13.5. The molecule has 4 rings (SSSR count). The number of thiazole rings is 1. The van der Waals surface area contributed by atoms with E-state index in [1.165, 1.54) is 58.7 Å². The summed E-state index contributed by atoms with van der Waals surface area (Å²) >= 11 is 1.21. The molecule has 4 aromatic rings. The first-order chi connectivity index (χ1) is 16.1. The van der Waals surface area contributed by atoms with Crippen molar-refractivity contribution in [2.75, 3.05) is 0 Å². The molecular weight excluding hydrogens is 474 g/mol. The highest BCUT2D eigenvalue weighted by molar-refractivity contribution is 7.15. The molecule has 11 heteroatoms. The third kappa shape index (κ3) is 5.42. The average Bonchev–Trinajstić information content (AvgIpc) is 3.40. The number of carbonyl (C=O) groups is 1. The number of aryl methyl sites for hydroxylation is 1. The van der Waals surface area contributed by atoms with E-state index in [0.29, 0.717) is 16.3 Å². The van der Waals surface area contributed by atoms with Gasteiger partial charge in [0.1, 0.15) is 23.2 Å². The van der Waals surface area contributed by atoms with Gasteiger partial charge in [-0.2, -0.15) is 18.3 Å². The molecule has 2 aromatic carbocycles. The van der Waals surface area contributed by atoms with Crippen LogP contribution in [0.1, 0.15) is 32.1 Å². The highest BCUT2D eigenvalue weighted by atomic mass is 32.1. The standard InChI is InChI=1S/C23H17F4N3O3S/c1-13-20(11-30-10-16(9-28-30)22(31)32)29-21(34-13)15-6-17(23(25,26)27)8-19(7-15)33-12-14-2-4-18(24)5-3-14/h2-10H,11-12H2,1H3,(H,31,32). The summed E-state index contributed by atoms with van der Waals surface area (Å²) in [5.74, 6) is -1.53. The Balaban J connectivity index is 1.62. The zero-order valence-electron chi connectivity index (χ0n) is 17.6. The molecule has 0 spiro atoms. The number of halogens is 4. The minimum absolute atomic E-state index is 0.00160. The number of alkyl halides is 3. The summed E-state index contributed by atoms with van der Waals surface area (Å²) in [7, 11) is 0. The van der Waals surface area contributed by atoms with Gasteiger partial charge in [-0.15, -0.1) is 11.3 Å². The summed E-state index contributed by atoms with van der Waals surface area (Å²) in [5, 5.41) is 13.4. The molecular formula is C23H17F4N3O3S. The molecule has 0 aliphatic heterocycles. The lowest BCUT2D eigenvalue weighted by atomic mass is 10.1. The largest absolute Gasteiger partial charge is 0.489 e. The van der Waals surface area contributed by atoms with E-state index in [0.717, 1.165) is 17.0 Å². The molecule has 176 valence electrons. The fraction of sp³-hybridized carbons (Fsp3) is 0.174. The van der Waals surface area contributed by atoms with Gasteiger partial charge >= 0.3 is 12.1 Å². The Morgan fingerprint density at radius 2 is 1.91 bits per heavy atom. The monoisotopic (exact) mass is 491 g/mol. The predicted molar refractivity (Wildman–Crippen MR) is 116 cm³/mol. The first kappa shape index (κ1) is 23.4. The van der Waals surface area contributed by atoms with Gasteiger partial charge in [-0.3, -0.25) is 4.68 Å². The summed E-state index contributed by atoms with van der Waals surface area (Å²) in [5.41, 5.74) is 0.537. The topological polar surface area (TPSA) is 77.2 Å². The van der Waals surface area contributed by atoms with Crippen LogP contribution >= 0.6 is 11.3 Å². The SMILES string of the molecule is Cc1sc(-c2cc(OCc3ccc(F)cc3)cc(C(F)(F)F)c2)nc1Cn1cc(C(=O)O)cn1. The lowest BCUT2D eigenvalue weighted by Gasteiger charge is -2.12. The van der Waals surface area contributed by atoms with Crippen molar-refractivity contribution < 1.29 is 32.2 Å². The number of benzene rings is 2. The Morgan fingerprint density at radius 3 is 2.56 bits per heavy atom. The van der Waals surface area contributed by atoms with Gasteiger partial charge in [0.2, 0.25) is 0 Å². The molecule has 0 radical (unpaired) electrons. The van der Waals surface area contributed by atoms with E-state index in [1.807, 2.05) is 0 Å². The van der Waals surface area contributed by atoms with Gasteiger partial charge in [-0.05, 0) is 42.8 Å². The average molecular weight is 491 g/mol. The molecule has 0 fully saturated rings. The molecule has 0 atom stereocenters. The molecule has 0 saturated carbocycles. The molecule has 6 nitrogen and oxygen atoms in total. The van der Waals surface area contributed by atoms with E-state index in [-0.39, 0.29) is 30.0 Å². The van der Waals surface area contributed by atoms with Gasteiger partial charge in [0.25, 0.3) is 0 Å².